The maximum atomic E-state index is 12.2. The zero-order valence-electron chi connectivity index (χ0n) is 6.56. The van der Waals surface area contributed by atoms with Gasteiger partial charge < -0.3 is 10.4 Å². The Morgan fingerprint density at radius 2 is 2.00 bits per heavy atom. The molecule has 1 saturated heterocycles. The highest BCUT2D eigenvalue weighted by Crippen LogP contribution is 2.30. The molecule has 0 aromatic carbocycles. The van der Waals surface area contributed by atoms with Crippen molar-refractivity contribution in [1.29, 1.82) is 0 Å². The summed E-state index contributed by atoms with van der Waals surface area (Å²) in [6.45, 7) is 0.397. The quantitative estimate of drug-likeness (QED) is 0.585. The molecule has 0 aliphatic carbocycles. The third kappa shape index (κ3) is 2.35. The Morgan fingerprint density at radius 1 is 1.33 bits per heavy atom. The first-order chi connectivity index (χ1) is 5.52. The molecular formula is C7H12F3NO. The first-order valence-corrected chi connectivity index (χ1v) is 3.97. The van der Waals surface area contributed by atoms with Crippen molar-refractivity contribution in [2.75, 3.05) is 13.1 Å². The van der Waals surface area contributed by atoms with Gasteiger partial charge in [-0.3, -0.25) is 0 Å². The summed E-state index contributed by atoms with van der Waals surface area (Å²) < 4.78 is 36.5. The van der Waals surface area contributed by atoms with Crippen LogP contribution in [-0.4, -0.2) is 30.5 Å². The van der Waals surface area contributed by atoms with Gasteiger partial charge in [0.25, 0.3) is 0 Å². The predicted octanol–water partition coefficient (Wildman–Crippen LogP) is 0.909. The number of halogens is 3. The predicted molar refractivity (Wildman–Crippen MR) is 37.7 cm³/mol. The van der Waals surface area contributed by atoms with Crippen LogP contribution >= 0.6 is 0 Å². The molecule has 1 aliphatic rings. The Morgan fingerprint density at radius 3 is 2.58 bits per heavy atom. The Hall–Kier alpha value is -0.290. The summed E-state index contributed by atoms with van der Waals surface area (Å²) >= 11 is 0. The van der Waals surface area contributed by atoms with E-state index >= 15 is 0 Å². The Labute approximate surface area is 68.8 Å². The van der Waals surface area contributed by atoms with E-state index in [1.165, 1.54) is 0 Å². The van der Waals surface area contributed by atoms with Gasteiger partial charge in [-0.15, -0.1) is 0 Å². The zero-order chi connectivity index (χ0) is 9.19. The van der Waals surface area contributed by atoms with E-state index in [2.05, 4.69) is 5.32 Å². The highest BCUT2D eigenvalue weighted by atomic mass is 19.4. The molecule has 1 rings (SSSR count). The van der Waals surface area contributed by atoms with Gasteiger partial charge in [0.05, 0.1) is 12.0 Å². The van der Waals surface area contributed by atoms with E-state index in [-0.39, 0.29) is 13.0 Å². The smallest absolute Gasteiger partial charge is 0.392 e. The molecule has 2 atom stereocenters. The lowest BCUT2D eigenvalue weighted by atomic mass is 10.00. The van der Waals surface area contributed by atoms with Crippen molar-refractivity contribution >= 4 is 0 Å². The minimum Gasteiger partial charge on any atom is -0.392 e. The average Bonchev–Trinajstić information content (AvgIpc) is 2.11. The maximum absolute atomic E-state index is 12.2. The first kappa shape index (κ1) is 9.80. The largest absolute Gasteiger partial charge is 0.395 e. The lowest BCUT2D eigenvalue weighted by Crippen LogP contribution is -2.39. The van der Waals surface area contributed by atoms with E-state index in [1.807, 2.05) is 0 Å². The summed E-state index contributed by atoms with van der Waals surface area (Å²) in [5, 5.41) is 11.8. The van der Waals surface area contributed by atoms with E-state index in [1.54, 1.807) is 0 Å². The molecule has 0 amide bonds. The number of aliphatic hydroxyl groups is 1. The lowest BCUT2D eigenvalue weighted by Gasteiger charge is -2.22. The average molecular weight is 183 g/mol. The van der Waals surface area contributed by atoms with Crippen LogP contribution in [0.25, 0.3) is 0 Å². The summed E-state index contributed by atoms with van der Waals surface area (Å²) in [7, 11) is 0. The van der Waals surface area contributed by atoms with E-state index in [4.69, 9.17) is 5.11 Å². The fraction of sp³-hybridized carbons (Fsp3) is 1.00. The highest BCUT2D eigenvalue weighted by Gasteiger charge is 2.44. The van der Waals surface area contributed by atoms with Gasteiger partial charge >= 0.3 is 6.18 Å². The molecule has 12 heavy (non-hydrogen) atoms. The Balaban J connectivity index is 2.59. The van der Waals surface area contributed by atoms with Crippen molar-refractivity contribution in [1.82, 2.24) is 5.32 Å². The van der Waals surface area contributed by atoms with Crippen LogP contribution < -0.4 is 5.32 Å². The van der Waals surface area contributed by atoms with Crippen LogP contribution in [0.4, 0.5) is 13.2 Å². The van der Waals surface area contributed by atoms with Gasteiger partial charge in [-0.05, 0) is 19.4 Å². The van der Waals surface area contributed by atoms with Gasteiger partial charge in [-0.1, -0.05) is 0 Å². The van der Waals surface area contributed by atoms with Crippen LogP contribution in [0, 0.1) is 5.92 Å². The van der Waals surface area contributed by atoms with Crippen molar-refractivity contribution in [3.63, 3.8) is 0 Å². The van der Waals surface area contributed by atoms with Crippen LogP contribution in [0.5, 0.6) is 0 Å². The molecule has 1 heterocycles. The van der Waals surface area contributed by atoms with Crippen LogP contribution in [0.15, 0.2) is 0 Å². The summed E-state index contributed by atoms with van der Waals surface area (Å²) in [4.78, 5) is 0. The van der Waals surface area contributed by atoms with Gasteiger partial charge in [0, 0.05) is 6.54 Å². The number of nitrogens with one attached hydrogen (secondary N) is 1. The molecule has 2 unspecified atom stereocenters. The van der Waals surface area contributed by atoms with Crippen molar-refractivity contribution in [3.8, 4) is 0 Å². The van der Waals surface area contributed by atoms with Crippen molar-refractivity contribution in [2.45, 2.75) is 25.1 Å². The third-order valence-electron chi connectivity index (χ3n) is 2.10. The summed E-state index contributed by atoms with van der Waals surface area (Å²) in [5.74, 6) is -1.60. The Kier molecular flexibility index (Phi) is 2.95. The topological polar surface area (TPSA) is 32.3 Å². The van der Waals surface area contributed by atoms with Crippen LogP contribution in [-0.2, 0) is 0 Å². The number of hydrogen-bond donors (Lipinski definition) is 2. The van der Waals surface area contributed by atoms with E-state index < -0.39 is 18.2 Å². The van der Waals surface area contributed by atoms with Crippen molar-refractivity contribution in [3.05, 3.63) is 0 Å². The minimum atomic E-state index is -4.28. The molecule has 0 spiro atoms. The summed E-state index contributed by atoms with van der Waals surface area (Å²) in [6, 6.07) is 0. The number of alkyl halides is 3. The third-order valence-corrected chi connectivity index (χ3v) is 2.10. The molecule has 2 nitrogen and oxygen atoms in total. The molecule has 0 aromatic rings. The summed E-state index contributed by atoms with van der Waals surface area (Å²) in [6.07, 6.45) is -4.68. The maximum Gasteiger partial charge on any atom is 0.395 e. The first-order valence-electron chi connectivity index (χ1n) is 3.97. The molecule has 5 heteroatoms. The number of rotatable bonds is 0. The SMILES string of the molecule is OC1CCCNCC1C(F)(F)F. The van der Waals surface area contributed by atoms with E-state index in [0.717, 1.165) is 0 Å². The van der Waals surface area contributed by atoms with Crippen LogP contribution in [0.2, 0.25) is 0 Å². The second-order valence-corrected chi connectivity index (χ2v) is 3.06. The molecule has 0 saturated carbocycles. The molecule has 0 radical (unpaired) electrons. The monoisotopic (exact) mass is 183 g/mol. The molecular weight excluding hydrogens is 171 g/mol. The lowest BCUT2D eigenvalue weighted by molar-refractivity contribution is -0.197. The molecule has 1 aliphatic heterocycles. The Bertz CT molecular complexity index is 148. The zero-order valence-corrected chi connectivity index (χ0v) is 6.56. The number of aliphatic hydroxyl groups excluding tert-OH is 1. The summed E-state index contributed by atoms with van der Waals surface area (Å²) in [5.41, 5.74) is 0. The molecule has 0 aromatic heterocycles. The number of hydrogen-bond acceptors (Lipinski definition) is 2. The molecule has 0 bridgehead atoms. The van der Waals surface area contributed by atoms with Gasteiger partial charge in [-0.2, -0.15) is 13.2 Å². The molecule has 2 N–H and O–H groups in total. The fourth-order valence-corrected chi connectivity index (χ4v) is 1.36. The van der Waals surface area contributed by atoms with Gasteiger partial charge in [-0.25, -0.2) is 0 Å². The van der Waals surface area contributed by atoms with Gasteiger partial charge in [0.15, 0.2) is 0 Å². The second kappa shape index (κ2) is 3.62. The normalized spacial score (nSPS) is 33.0. The van der Waals surface area contributed by atoms with E-state index in [9.17, 15) is 13.2 Å². The van der Waals surface area contributed by atoms with E-state index in [0.29, 0.717) is 13.0 Å². The van der Waals surface area contributed by atoms with Crippen LogP contribution in [0.3, 0.4) is 0 Å². The fourth-order valence-electron chi connectivity index (χ4n) is 1.36. The van der Waals surface area contributed by atoms with Gasteiger partial charge in [0.2, 0.25) is 0 Å². The second-order valence-electron chi connectivity index (χ2n) is 3.06. The molecule has 72 valence electrons. The highest BCUT2D eigenvalue weighted by molar-refractivity contribution is 4.80. The van der Waals surface area contributed by atoms with Crippen LogP contribution in [0.1, 0.15) is 12.8 Å². The standard InChI is InChI=1S/C7H12F3NO/c8-7(9,10)5-4-11-3-1-2-6(5)12/h5-6,11-12H,1-4H2. The van der Waals surface area contributed by atoms with Crippen molar-refractivity contribution < 1.29 is 18.3 Å². The van der Waals surface area contributed by atoms with Crippen molar-refractivity contribution in [2.24, 2.45) is 5.92 Å². The van der Waals surface area contributed by atoms with Gasteiger partial charge in [0.1, 0.15) is 0 Å². The minimum absolute atomic E-state index is 0.162. The molecule has 1 fully saturated rings.